The van der Waals surface area contributed by atoms with Crippen molar-refractivity contribution in [2.24, 2.45) is 34.5 Å². The smallest absolute Gasteiger partial charge is 0.0578 e. The average Bonchev–Trinajstić information content (AvgIpc) is 2.99. The minimum absolute atomic E-state index is 0.124. The van der Waals surface area contributed by atoms with Gasteiger partial charge in [0.1, 0.15) is 0 Å². The molecule has 0 spiro atoms. The van der Waals surface area contributed by atoms with Crippen molar-refractivity contribution >= 4 is 0 Å². The fourth-order valence-corrected chi connectivity index (χ4v) is 7.59. The molecule has 0 radical (unpaired) electrons. The Morgan fingerprint density at radius 1 is 1.00 bits per heavy atom. The van der Waals surface area contributed by atoms with Crippen molar-refractivity contribution in [3.05, 3.63) is 23.3 Å². The van der Waals surface area contributed by atoms with Crippen molar-refractivity contribution < 1.29 is 10.2 Å². The zero-order valence-corrected chi connectivity index (χ0v) is 18.6. The Balaban J connectivity index is 1.53. The van der Waals surface area contributed by atoms with Crippen LogP contribution >= 0.6 is 0 Å². The van der Waals surface area contributed by atoms with Crippen LogP contribution in [-0.4, -0.2) is 22.4 Å². The molecule has 0 aliphatic heterocycles. The number of hydrogen-bond acceptors (Lipinski definition) is 2. The lowest BCUT2D eigenvalue weighted by atomic mass is 9.50. The van der Waals surface area contributed by atoms with Crippen LogP contribution in [0.2, 0.25) is 0 Å². The van der Waals surface area contributed by atoms with Gasteiger partial charge in [-0.25, -0.2) is 0 Å². The second kappa shape index (κ2) is 7.58. The monoisotopic (exact) mass is 386 g/mol. The van der Waals surface area contributed by atoms with E-state index in [9.17, 15) is 10.2 Å². The summed E-state index contributed by atoms with van der Waals surface area (Å²) in [4.78, 5) is 0. The minimum Gasteiger partial charge on any atom is -0.393 e. The normalized spacial score (nSPS) is 43.7. The summed E-state index contributed by atoms with van der Waals surface area (Å²) in [5.41, 5.74) is 3.72. The van der Waals surface area contributed by atoms with E-state index >= 15 is 0 Å². The highest BCUT2D eigenvalue weighted by Crippen LogP contribution is 2.65. The summed E-state index contributed by atoms with van der Waals surface area (Å²) in [6.45, 7) is 9.52. The Bertz CT molecular complexity index is 647. The van der Waals surface area contributed by atoms with E-state index in [1.807, 2.05) is 0 Å². The van der Waals surface area contributed by atoms with Gasteiger partial charge in [0.2, 0.25) is 0 Å². The Kier molecular flexibility index (Phi) is 5.59. The van der Waals surface area contributed by atoms with E-state index < -0.39 is 0 Å². The van der Waals surface area contributed by atoms with Crippen LogP contribution in [0.1, 0.15) is 91.9 Å². The highest BCUT2D eigenvalue weighted by atomic mass is 16.3. The molecule has 3 fully saturated rings. The van der Waals surface area contributed by atoms with Crippen LogP contribution in [0.25, 0.3) is 0 Å². The molecular weight excluding hydrogens is 344 g/mol. The number of fused-ring (bicyclic) bond motifs is 5. The Hall–Kier alpha value is -0.600. The van der Waals surface area contributed by atoms with Crippen molar-refractivity contribution in [3.63, 3.8) is 0 Å². The van der Waals surface area contributed by atoms with Gasteiger partial charge in [0.05, 0.1) is 12.2 Å². The number of aliphatic hydroxyl groups is 2. The molecule has 28 heavy (non-hydrogen) atoms. The van der Waals surface area contributed by atoms with Crippen LogP contribution in [0.4, 0.5) is 0 Å². The third-order valence-corrected chi connectivity index (χ3v) is 9.36. The molecule has 0 saturated heterocycles. The van der Waals surface area contributed by atoms with Crippen molar-refractivity contribution in [2.75, 3.05) is 0 Å². The van der Waals surface area contributed by atoms with E-state index in [4.69, 9.17) is 0 Å². The number of rotatable bonds is 5. The van der Waals surface area contributed by atoms with E-state index in [2.05, 4.69) is 39.8 Å². The molecule has 0 aromatic rings. The second-order valence-electron chi connectivity index (χ2n) is 11.4. The van der Waals surface area contributed by atoms with Gasteiger partial charge in [-0.1, -0.05) is 63.8 Å². The van der Waals surface area contributed by atoms with Crippen molar-refractivity contribution in [3.8, 4) is 0 Å². The lowest BCUT2D eigenvalue weighted by Gasteiger charge is -2.55. The molecule has 7 atom stereocenters. The van der Waals surface area contributed by atoms with E-state index in [0.29, 0.717) is 17.8 Å². The first-order valence-electron chi connectivity index (χ1n) is 12.0. The van der Waals surface area contributed by atoms with Gasteiger partial charge in [-0.15, -0.1) is 0 Å². The zero-order valence-electron chi connectivity index (χ0n) is 18.6. The van der Waals surface area contributed by atoms with Crippen LogP contribution in [0.5, 0.6) is 0 Å². The van der Waals surface area contributed by atoms with Gasteiger partial charge in [-0.3, -0.25) is 0 Å². The van der Waals surface area contributed by atoms with E-state index in [0.717, 1.165) is 38.0 Å². The summed E-state index contributed by atoms with van der Waals surface area (Å²) in [7, 11) is 0. The molecule has 0 aromatic carbocycles. The molecule has 0 aromatic heterocycles. The first kappa shape index (κ1) is 20.7. The van der Waals surface area contributed by atoms with Gasteiger partial charge < -0.3 is 10.2 Å². The summed E-state index contributed by atoms with van der Waals surface area (Å²) < 4.78 is 0. The maximum absolute atomic E-state index is 11.1. The van der Waals surface area contributed by atoms with Gasteiger partial charge in [-0.05, 0) is 85.9 Å². The van der Waals surface area contributed by atoms with Crippen LogP contribution in [-0.2, 0) is 0 Å². The first-order chi connectivity index (χ1) is 13.3. The molecule has 3 saturated carbocycles. The largest absolute Gasteiger partial charge is 0.393 e. The maximum atomic E-state index is 11.1. The predicted octanol–water partition coefficient (Wildman–Crippen LogP) is 6.03. The van der Waals surface area contributed by atoms with Crippen molar-refractivity contribution in [1.82, 2.24) is 0 Å². The third-order valence-electron chi connectivity index (χ3n) is 9.36. The van der Waals surface area contributed by atoms with Crippen LogP contribution in [0, 0.1) is 34.5 Å². The highest BCUT2D eigenvalue weighted by Gasteiger charge is 2.57. The third kappa shape index (κ3) is 3.33. The molecule has 158 valence electrons. The second-order valence-corrected chi connectivity index (χ2v) is 11.4. The molecule has 4 rings (SSSR count). The maximum Gasteiger partial charge on any atom is 0.0578 e. The molecule has 0 amide bonds. The molecule has 0 heterocycles. The van der Waals surface area contributed by atoms with Gasteiger partial charge in [0, 0.05) is 0 Å². The van der Waals surface area contributed by atoms with Crippen LogP contribution in [0.15, 0.2) is 23.3 Å². The number of aliphatic hydroxyl groups excluding tert-OH is 2. The average molecular weight is 387 g/mol. The quantitative estimate of drug-likeness (QED) is 0.605. The Morgan fingerprint density at radius 2 is 1.79 bits per heavy atom. The minimum atomic E-state index is -0.139. The Labute approximate surface area is 172 Å². The molecule has 2 N–H and O–H groups in total. The van der Waals surface area contributed by atoms with Gasteiger partial charge in [0.15, 0.2) is 0 Å². The summed E-state index contributed by atoms with van der Waals surface area (Å²) in [5, 5.41) is 21.2. The SMILES string of the molecule is CC(C)CCC[C@@H](O)C1CCC2C3=CC=C4C[C@@H](O)CC[C@]4(C)C3CC[C@@]21C. The summed E-state index contributed by atoms with van der Waals surface area (Å²) in [5.74, 6) is 2.52. The topological polar surface area (TPSA) is 40.5 Å². The van der Waals surface area contributed by atoms with Gasteiger partial charge in [0.25, 0.3) is 0 Å². The molecule has 2 heteroatoms. The molecule has 0 bridgehead atoms. The molecule has 4 aliphatic carbocycles. The summed E-state index contributed by atoms with van der Waals surface area (Å²) in [6, 6.07) is 0. The zero-order chi connectivity index (χ0) is 20.1. The van der Waals surface area contributed by atoms with Gasteiger partial charge in [-0.2, -0.15) is 0 Å². The summed E-state index contributed by atoms with van der Waals surface area (Å²) in [6.07, 6.45) is 15.8. The molecule has 4 aliphatic rings. The lowest BCUT2D eigenvalue weighted by molar-refractivity contribution is -0.00698. The van der Waals surface area contributed by atoms with E-state index in [1.165, 1.54) is 37.7 Å². The highest BCUT2D eigenvalue weighted by molar-refractivity contribution is 5.38. The van der Waals surface area contributed by atoms with Crippen LogP contribution in [0.3, 0.4) is 0 Å². The first-order valence-corrected chi connectivity index (χ1v) is 12.0. The molecular formula is C26H42O2. The molecule has 2 nitrogen and oxygen atoms in total. The number of allylic oxidation sites excluding steroid dienone is 3. The standard InChI is InChI=1S/C26H42O2/c1-17(2)6-5-7-24(28)23-11-10-21-20-9-8-18-16-19(27)12-14-25(18,3)22(20)13-15-26(21,23)4/h8-9,17,19,21-24,27-28H,5-7,10-16H2,1-4H3/t19-,21?,22?,23?,24+,25-,26-/m0/s1. The fraction of sp³-hybridized carbons (Fsp3) is 0.846. The number of hydrogen-bond donors (Lipinski definition) is 2. The van der Waals surface area contributed by atoms with E-state index in [1.54, 1.807) is 5.57 Å². The lowest BCUT2D eigenvalue weighted by Crippen LogP contribution is -2.47. The van der Waals surface area contributed by atoms with Crippen LogP contribution < -0.4 is 0 Å². The predicted molar refractivity (Wildman–Crippen MR) is 116 cm³/mol. The van der Waals surface area contributed by atoms with Gasteiger partial charge >= 0.3 is 0 Å². The Morgan fingerprint density at radius 3 is 2.54 bits per heavy atom. The van der Waals surface area contributed by atoms with E-state index in [-0.39, 0.29) is 23.0 Å². The molecule has 3 unspecified atom stereocenters. The van der Waals surface area contributed by atoms with Crippen molar-refractivity contribution in [1.29, 1.82) is 0 Å². The summed E-state index contributed by atoms with van der Waals surface area (Å²) >= 11 is 0. The fourth-order valence-electron chi connectivity index (χ4n) is 7.59. The van der Waals surface area contributed by atoms with Crippen molar-refractivity contribution in [2.45, 2.75) is 104 Å².